The van der Waals surface area contributed by atoms with Crippen LogP contribution in [0.4, 0.5) is 15.0 Å². The Balaban J connectivity index is 3.04. The maximum atomic E-state index is 13.7. The highest BCUT2D eigenvalue weighted by Gasteiger charge is 2.18. The molecule has 0 fully saturated rings. The van der Waals surface area contributed by atoms with Crippen LogP contribution in [0.3, 0.4) is 0 Å². The van der Waals surface area contributed by atoms with Gasteiger partial charge in [-0.05, 0) is 45.9 Å². The molecule has 0 bridgehead atoms. The van der Waals surface area contributed by atoms with E-state index in [-0.39, 0.29) is 23.1 Å². The number of esters is 1. The van der Waals surface area contributed by atoms with Gasteiger partial charge in [0.1, 0.15) is 16.6 Å². The van der Waals surface area contributed by atoms with Gasteiger partial charge in [-0.25, -0.2) is 14.6 Å². The molecule has 1 rings (SSSR count). The highest BCUT2D eigenvalue weighted by Crippen LogP contribution is 2.21. The number of hydrogen-bond donors (Lipinski definition) is 1. The van der Waals surface area contributed by atoms with Gasteiger partial charge in [0.25, 0.3) is 0 Å². The van der Waals surface area contributed by atoms with Crippen molar-refractivity contribution in [2.45, 2.75) is 33.3 Å². The van der Waals surface area contributed by atoms with Crippen LogP contribution >= 0.6 is 11.6 Å². The number of rotatable bonds is 4. The first-order valence-corrected chi connectivity index (χ1v) is 7.21. The SMILES string of the molecule is CCOC(=O)C(F)=Cc1ccc(Cl)nc1NC(=O)OC(C)(C)C. The number of hydrogen-bond acceptors (Lipinski definition) is 5. The van der Waals surface area contributed by atoms with Crippen molar-refractivity contribution in [1.82, 2.24) is 4.98 Å². The Kier molecular flexibility index (Phi) is 6.50. The highest BCUT2D eigenvalue weighted by atomic mass is 35.5. The molecule has 0 aromatic carbocycles. The monoisotopic (exact) mass is 344 g/mol. The number of amides is 1. The fourth-order valence-electron chi connectivity index (χ4n) is 1.46. The number of anilines is 1. The second-order valence-electron chi connectivity index (χ2n) is 5.41. The third-order valence-corrected chi connectivity index (χ3v) is 2.47. The predicted octanol–water partition coefficient (Wildman–Crippen LogP) is 3.96. The van der Waals surface area contributed by atoms with Gasteiger partial charge in [-0.2, -0.15) is 4.39 Å². The van der Waals surface area contributed by atoms with E-state index in [0.29, 0.717) is 0 Å². The van der Waals surface area contributed by atoms with Gasteiger partial charge in [-0.15, -0.1) is 0 Å². The molecule has 1 aromatic heterocycles. The topological polar surface area (TPSA) is 77.5 Å². The molecule has 0 aliphatic heterocycles. The lowest BCUT2D eigenvalue weighted by Crippen LogP contribution is -2.27. The van der Waals surface area contributed by atoms with Crippen LogP contribution in [0.2, 0.25) is 5.15 Å². The second kappa shape index (κ2) is 7.92. The van der Waals surface area contributed by atoms with Gasteiger partial charge < -0.3 is 9.47 Å². The third kappa shape index (κ3) is 6.65. The van der Waals surface area contributed by atoms with Crippen LogP contribution in [0, 0.1) is 0 Å². The number of nitrogens with zero attached hydrogens (tertiary/aromatic N) is 1. The van der Waals surface area contributed by atoms with Crippen LogP contribution in [-0.4, -0.2) is 29.3 Å². The highest BCUT2D eigenvalue weighted by molar-refractivity contribution is 6.29. The molecule has 1 amide bonds. The minimum atomic E-state index is -1.12. The molecular formula is C15H18ClFN2O4. The number of ether oxygens (including phenoxy) is 2. The Morgan fingerprint density at radius 1 is 1.39 bits per heavy atom. The van der Waals surface area contributed by atoms with E-state index in [9.17, 15) is 14.0 Å². The summed E-state index contributed by atoms with van der Waals surface area (Å²) in [5, 5.41) is 2.45. The molecule has 0 unspecified atom stereocenters. The molecule has 1 aromatic rings. The van der Waals surface area contributed by atoms with Gasteiger partial charge in [0.15, 0.2) is 0 Å². The Labute approximate surface area is 138 Å². The minimum Gasteiger partial charge on any atom is -0.461 e. The minimum absolute atomic E-state index is 0.0359. The summed E-state index contributed by atoms with van der Waals surface area (Å²) in [6.45, 7) is 6.68. The molecule has 0 radical (unpaired) electrons. The lowest BCUT2D eigenvalue weighted by molar-refractivity contribution is -0.140. The zero-order chi connectivity index (χ0) is 17.6. The van der Waals surface area contributed by atoms with E-state index < -0.39 is 23.5 Å². The normalized spacial score (nSPS) is 11.8. The number of pyridine rings is 1. The molecule has 0 saturated heterocycles. The zero-order valence-corrected chi connectivity index (χ0v) is 14.0. The van der Waals surface area contributed by atoms with E-state index in [2.05, 4.69) is 15.0 Å². The average molecular weight is 345 g/mol. The second-order valence-corrected chi connectivity index (χ2v) is 5.80. The molecule has 0 spiro atoms. The smallest absolute Gasteiger partial charge is 0.413 e. The number of halogens is 2. The molecule has 6 nitrogen and oxygen atoms in total. The van der Waals surface area contributed by atoms with Gasteiger partial charge >= 0.3 is 12.1 Å². The van der Waals surface area contributed by atoms with Crippen molar-refractivity contribution in [3.63, 3.8) is 0 Å². The molecule has 8 heteroatoms. The summed E-state index contributed by atoms with van der Waals surface area (Å²) >= 11 is 5.77. The summed E-state index contributed by atoms with van der Waals surface area (Å²) in [5.41, 5.74) is -0.569. The molecule has 1 heterocycles. The Hall–Kier alpha value is -2.15. The predicted molar refractivity (Wildman–Crippen MR) is 84.8 cm³/mol. The Bertz CT molecular complexity index is 626. The summed E-state index contributed by atoms with van der Waals surface area (Å²) in [7, 11) is 0. The Morgan fingerprint density at radius 2 is 2.04 bits per heavy atom. The van der Waals surface area contributed by atoms with E-state index in [1.54, 1.807) is 27.7 Å². The summed E-state index contributed by atoms with van der Waals surface area (Å²) < 4.78 is 23.4. The molecule has 0 atom stereocenters. The maximum Gasteiger partial charge on any atom is 0.413 e. The number of carbonyl (C=O) groups excluding carboxylic acids is 2. The van der Waals surface area contributed by atoms with Crippen molar-refractivity contribution < 1.29 is 23.5 Å². The van der Waals surface area contributed by atoms with Crippen molar-refractivity contribution in [3.05, 3.63) is 28.7 Å². The van der Waals surface area contributed by atoms with E-state index in [1.807, 2.05) is 0 Å². The number of carbonyl (C=O) groups is 2. The number of aromatic nitrogens is 1. The third-order valence-electron chi connectivity index (χ3n) is 2.26. The lowest BCUT2D eigenvalue weighted by Gasteiger charge is -2.19. The van der Waals surface area contributed by atoms with E-state index in [1.165, 1.54) is 12.1 Å². The van der Waals surface area contributed by atoms with E-state index in [4.69, 9.17) is 16.3 Å². The summed E-state index contributed by atoms with van der Waals surface area (Å²) in [4.78, 5) is 27.0. The van der Waals surface area contributed by atoms with Crippen molar-refractivity contribution in [1.29, 1.82) is 0 Å². The lowest BCUT2D eigenvalue weighted by atomic mass is 10.2. The summed E-state index contributed by atoms with van der Waals surface area (Å²) in [6, 6.07) is 2.80. The first-order chi connectivity index (χ1) is 10.6. The van der Waals surface area contributed by atoms with Gasteiger partial charge in [0.05, 0.1) is 6.61 Å². The largest absolute Gasteiger partial charge is 0.461 e. The standard InChI is InChI=1S/C15H18ClFN2O4/c1-5-22-13(20)10(17)8-9-6-7-11(16)18-12(9)19-14(21)23-15(2,3)4/h6-8H,5H2,1-4H3,(H,18,19,21). The van der Waals surface area contributed by atoms with Gasteiger partial charge in [0.2, 0.25) is 5.83 Å². The quantitative estimate of drug-likeness (QED) is 0.508. The molecule has 0 aliphatic carbocycles. The van der Waals surface area contributed by atoms with Crippen LogP contribution in [0.25, 0.3) is 6.08 Å². The maximum absolute atomic E-state index is 13.7. The van der Waals surface area contributed by atoms with Crippen LogP contribution in [0.15, 0.2) is 18.0 Å². The van der Waals surface area contributed by atoms with Crippen molar-refractivity contribution in [2.75, 3.05) is 11.9 Å². The van der Waals surface area contributed by atoms with E-state index >= 15 is 0 Å². The Morgan fingerprint density at radius 3 is 2.61 bits per heavy atom. The average Bonchev–Trinajstić information content (AvgIpc) is 2.39. The molecule has 0 saturated carbocycles. The molecule has 23 heavy (non-hydrogen) atoms. The molecule has 126 valence electrons. The summed E-state index contributed by atoms with van der Waals surface area (Å²) in [6.07, 6.45) is 0.118. The first kappa shape index (κ1) is 18.9. The van der Waals surface area contributed by atoms with Crippen LogP contribution < -0.4 is 5.32 Å². The molecule has 1 N–H and O–H groups in total. The fourth-order valence-corrected chi connectivity index (χ4v) is 1.61. The van der Waals surface area contributed by atoms with Crippen LogP contribution in [-0.2, 0) is 14.3 Å². The van der Waals surface area contributed by atoms with Gasteiger partial charge in [-0.3, -0.25) is 5.32 Å². The van der Waals surface area contributed by atoms with Gasteiger partial charge in [-0.1, -0.05) is 11.6 Å². The van der Waals surface area contributed by atoms with Crippen LogP contribution in [0.5, 0.6) is 0 Å². The first-order valence-electron chi connectivity index (χ1n) is 6.83. The fraction of sp³-hybridized carbons (Fsp3) is 0.400. The van der Waals surface area contributed by atoms with Crippen molar-refractivity contribution >= 4 is 35.6 Å². The zero-order valence-electron chi connectivity index (χ0n) is 13.3. The molecular weight excluding hydrogens is 327 g/mol. The van der Waals surface area contributed by atoms with Crippen LogP contribution in [0.1, 0.15) is 33.3 Å². The van der Waals surface area contributed by atoms with Crippen molar-refractivity contribution in [2.24, 2.45) is 0 Å². The van der Waals surface area contributed by atoms with Gasteiger partial charge in [0, 0.05) is 5.56 Å². The van der Waals surface area contributed by atoms with Crippen molar-refractivity contribution in [3.8, 4) is 0 Å². The molecule has 0 aliphatic rings. The van der Waals surface area contributed by atoms with E-state index in [0.717, 1.165) is 6.08 Å². The number of nitrogens with one attached hydrogen (secondary N) is 1. The summed E-state index contributed by atoms with van der Waals surface area (Å²) in [5.74, 6) is -2.26.